The maximum Gasteiger partial charge on any atom is 0.208 e. The first-order valence-electron chi connectivity index (χ1n) is 6.74. The smallest absolute Gasteiger partial charge is 0.208 e. The molecule has 1 aromatic heterocycles. The van der Waals surface area contributed by atoms with Crippen LogP contribution in [0, 0.1) is 25.7 Å². The summed E-state index contributed by atoms with van der Waals surface area (Å²) >= 11 is 0. The van der Waals surface area contributed by atoms with Gasteiger partial charge in [-0.05, 0) is 32.1 Å². The predicted octanol–water partition coefficient (Wildman–Crippen LogP) is 3.21. The Labute approximate surface area is 104 Å². The lowest BCUT2D eigenvalue weighted by Gasteiger charge is -2.34. The molecule has 3 atom stereocenters. The van der Waals surface area contributed by atoms with Gasteiger partial charge in [-0.2, -0.15) is 0 Å². The minimum absolute atomic E-state index is 0.617. The predicted molar refractivity (Wildman–Crippen MR) is 68.8 cm³/mol. The highest BCUT2D eigenvalue weighted by Crippen LogP contribution is 2.29. The quantitative estimate of drug-likeness (QED) is 0.875. The third-order valence-corrected chi connectivity index (χ3v) is 4.30. The maximum absolute atomic E-state index is 5.59. The molecule has 0 spiro atoms. The van der Waals surface area contributed by atoms with Crippen LogP contribution in [0.15, 0.2) is 4.42 Å². The molecule has 0 bridgehead atoms. The van der Waals surface area contributed by atoms with Gasteiger partial charge in [-0.1, -0.05) is 26.7 Å². The fourth-order valence-corrected chi connectivity index (χ4v) is 2.70. The molecule has 0 aromatic carbocycles. The number of rotatable bonds is 3. The van der Waals surface area contributed by atoms with Crippen LogP contribution in [0.2, 0.25) is 0 Å². The molecule has 1 heterocycles. The molecule has 0 amide bonds. The molecule has 1 N–H and O–H groups in total. The standard InChI is InChI=1S/C14H24N2O/c1-9-6-5-7-13(10(9)2)15-8-14-16-11(3)12(4)17-14/h9-10,13,15H,5-8H2,1-4H3. The zero-order valence-corrected chi connectivity index (χ0v) is 11.4. The summed E-state index contributed by atoms with van der Waals surface area (Å²) in [6.07, 6.45) is 3.99. The molecule has 0 radical (unpaired) electrons. The third-order valence-electron chi connectivity index (χ3n) is 4.30. The Hall–Kier alpha value is -0.830. The first-order valence-corrected chi connectivity index (χ1v) is 6.74. The van der Waals surface area contributed by atoms with Crippen molar-refractivity contribution in [2.45, 2.75) is 59.5 Å². The lowest BCUT2D eigenvalue weighted by molar-refractivity contribution is 0.202. The second-order valence-corrected chi connectivity index (χ2v) is 5.50. The Morgan fingerprint density at radius 3 is 2.71 bits per heavy atom. The van der Waals surface area contributed by atoms with Gasteiger partial charge in [0, 0.05) is 6.04 Å². The summed E-state index contributed by atoms with van der Waals surface area (Å²) in [4.78, 5) is 4.41. The average molecular weight is 236 g/mol. The van der Waals surface area contributed by atoms with E-state index in [-0.39, 0.29) is 0 Å². The van der Waals surface area contributed by atoms with Crippen molar-refractivity contribution in [3.63, 3.8) is 0 Å². The van der Waals surface area contributed by atoms with Crippen LogP contribution >= 0.6 is 0 Å². The number of nitrogens with zero attached hydrogens (tertiary/aromatic N) is 1. The monoisotopic (exact) mass is 236 g/mol. The molecule has 1 aliphatic carbocycles. The van der Waals surface area contributed by atoms with E-state index in [1.165, 1.54) is 19.3 Å². The highest BCUT2D eigenvalue weighted by Gasteiger charge is 2.26. The molecule has 3 nitrogen and oxygen atoms in total. The van der Waals surface area contributed by atoms with Crippen molar-refractivity contribution in [1.29, 1.82) is 0 Å². The van der Waals surface area contributed by atoms with E-state index in [1.807, 2.05) is 13.8 Å². The van der Waals surface area contributed by atoms with Gasteiger partial charge in [0.1, 0.15) is 5.76 Å². The minimum Gasteiger partial charge on any atom is -0.444 e. The number of hydrogen-bond acceptors (Lipinski definition) is 3. The van der Waals surface area contributed by atoms with Crippen LogP contribution < -0.4 is 5.32 Å². The zero-order chi connectivity index (χ0) is 12.4. The second-order valence-electron chi connectivity index (χ2n) is 5.50. The number of hydrogen-bond donors (Lipinski definition) is 1. The summed E-state index contributed by atoms with van der Waals surface area (Å²) in [5.74, 6) is 3.34. The van der Waals surface area contributed by atoms with Crippen LogP contribution in [0.3, 0.4) is 0 Å². The van der Waals surface area contributed by atoms with Gasteiger partial charge in [0.2, 0.25) is 5.89 Å². The van der Waals surface area contributed by atoms with E-state index in [4.69, 9.17) is 4.42 Å². The summed E-state index contributed by atoms with van der Waals surface area (Å²) < 4.78 is 5.59. The first kappa shape index (κ1) is 12.6. The number of oxazole rings is 1. The molecule has 3 heteroatoms. The van der Waals surface area contributed by atoms with E-state index in [1.54, 1.807) is 0 Å². The van der Waals surface area contributed by atoms with Crippen molar-refractivity contribution in [3.8, 4) is 0 Å². The Kier molecular flexibility index (Phi) is 3.87. The molecular weight excluding hydrogens is 212 g/mol. The molecule has 1 fully saturated rings. The summed E-state index contributed by atoms with van der Waals surface area (Å²) in [5.41, 5.74) is 1.01. The lowest BCUT2D eigenvalue weighted by atomic mass is 9.78. The van der Waals surface area contributed by atoms with Crippen LogP contribution in [-0.2, 0) is 6.54 Å². The van der Waals surface area contributed by atoms with E-state index < -0.39 is 0 Å². The van der Waals surface area contributed by atoms with Crippen LogP contribution in [0.25, 0.3) is 0 Å². The van der Waals surface area contributed by atoms with Crippen molar-refractivity contribution < 1.29 is 4.42 Å². The normalized spacial score (nSPS) is 29.5. The van der Waals surface area contributed by atoms with E-state index in [9.17, 15) is 0 Å². The fourth-order valence-electron chi connectivity index (χ4n) is 2.70. The minimum atomic E-state index is 0.617. The molecule has 1 saturated carbocycles. The van der Waals surface area contributed by atoms with Crippen molar-refractivity contribution in [2.75, 3.05) is 0 Å². The molecule has 3 unspecified atom stereocenters. The van der Waals surface area contributed by atoms with E-state index in [0.29, 0.717) is 6.04 Å². The zero-order valence-electron chi connectivity index (χ0n) is 11.4. The highest BCUT2D eigenvalue weighted by atomic mass is 16.4. The van der Waals surface area contributed by atoms with Gasteiger partial charge in [-0.15, -0.1) is 0 Å². The van der Waals surface area contributed by atoms with E-state index in [0.717, 1.165) is 35.7 Å². The van der Waals surface area contributed by atoms with Crippen molar-refractivity contribution >= 4 is 0 Å². The number of nitrogens with one attached hydrogen (secondary N) is 1. The van der Waals surface area contributed by atoms with Crippen molar-refractivity contribution in [3.05, 3.63) is 17.3 Å². The largest absolute Gasteiger partial charge is 0.444 e. The van der Waals surface area contributed by atoms with E-state index in [2.05, 4.69) is 24.1 Å². The molecule has 0 aliphatic heterocycles. The Bertz CT molecular complexity index is 353. The fraction of sp³-hybridized carbons (Fsp3) is 0.786. The van der Waals surface area contributed by atoms with Gasteiger partial charge in [0.25, 0.3) is 0 Å². The van der Waals surface area contributed by atoms with Gasteiger partial charge in [0.05, 0.1) is 12.2 Å². The molecule has 96 valence electrons. The van der Waals surface area contributed by atoms with Gasteiger partial charge in [-0.25, -0.2) is 4.98 Å². The van der Waals surface area contributed by atoms with Crippen LogP contribution in [0.4, 0.5) is 0 Å². The molecular formula is C14H24N2O. The topological polar surface area (TPSA) is 38.1 Å². The molecule has 1 aliphatic rings. The second kappa shape index (κ2) is 5.21. The van der Waals surface area contributed by atoms with Crippen molar-refractivity contribution in [2.24, 2.45) is 11.8 Å². The number of aromatic nitrogens is 1. The van der Waals surface area contributed by atoms with Crippen molar-refractivity contribution in [1.82, 2.24) is 10.3 Å². The van der Waals surface area contributed by atoms with Gasteiger partial charge in [0.15, 0.2) is 0 Å². The molecule has 1 aromatic rings. The lowest BCUT2D eigenvalue weighted by Crippen LogP contribution is -2.40. The molecule has 0 saturated heterocycles. The average Bonchev–Trinajstić information content (AvgIpc) is 2.61. The van der Waals surface area contributed by atoms with E-state index >= 15 is 0 Å². The third kappa shape index (κ3) is 2.89. The van der Waals surface area contributed by atoms with Crippen LogP contribution in [0.1, 0.15) is 50.5 Å². The molecule has 17 heavy (non-hydrogen) atoms. The molecule has 2 rings (SSSR count). The van der Waals surface area contributed by atoms with Gasteiger partial charge >= 0.3 is 0 Å². The Balaban J connectivity index is 1.89. The van der Waals surface area contributed by atoms with Gasteiger partial charge in [-0.3, -0.25) is 0 Å². The summed E-state index contributed by atoms with van der Waals surface area (Å²) in [7, 11) is 0. The number of aryl methyl sites for hydroxylation is 2. The summed E-state index contributed by atoms with van der Waals surface area (Å²) in [5, 5.41) is 3.60. The SMILES string of the molecule is Cc1nc(CNC2CCCC(C)C2C)oc1C. The van der Waals surface area contributed by atoms with Gasteiger partial charge < -0.3 is 9.73 Å². The summed E-state index contributed by atoms with van der Waals surface area (Å²) in [6, 6.07) is 0.617. The Morgan fingerprint density at radius 2 is 2.06 bits per heavy atom. The Morgan fingerprint density at radius 1 is 1.29 bits per heavy atom. The maximum atomic E-state index is 5.59. The van der Waals surface area contributed by atoms with Crippen LogP contribution in [0.5, 0.6) is 0 Å². The first-order chi connectivity index (χ1) is 8.08. The highest BCUT2D eigenvalue weighted by molar-refractivity contribution is 5.05. The van der Waals surface area contributed by atoms with Crippen LogP contribution in [-0.4, -0.2) is 11.0 Å². The summed E-state index contributed by atoms with van der Waals surface area (Å²) in [6.45, 7) is 9.44.